The van der Waals surface area contributed by atoms with Gasteiger partial charge in [0.25, 0.3) is 0 Å². The first-order valence-corrected chi connectivity index (χ1v) is 6.94. The number of thioether (sulfide) groups is 1. The van der Waals surface area contributed by atoms with E-state index in [4.69, 9.17) is 0 Å². The lowest BCUT2D eigenvalue weighted by atomic mass is 9.84. The monoisotopic (exact) mass is 255 g/mol. The topological polar surface area (TPSA) is 12.0 Å². The lowest BCUT2D eigenvalue weighted by molar-refractivity contribution is -0.0327. The van der Waals surface area contributed by atoms with Gasteiger partial charge in [-0.15, -0.1) is 0 Å². The van der Waals surface area contributed by atoms with E-state index in [0.29, 0.717) is 12.6 Å². The Morgan fingerprint density at radius 3 is 2.69 bits per heavy atom. The van der Waals surface area contributed by atoms with E-state index in [-0.39, 0.29) is 17.5 Å². The predicted octanol–water partition coefficient (Wildman–Crippen LogP) is 3.80. The molecule has 1 rings (SSSR count). The molecule has 0 bridgehead atoms. The van der Waals surface area contributed by atoms with Crippen molar-refractivity contribution in [2.45, 2.75) is 50.6 Å². The van der Waals surface area contributed by atoms with E-state index in [9.17, 15) is 13.2 Å². The van der Waals surface area contributed by atoms with Crippen molar-refractivity contribution in [3.05, 3.63) is 0 Å². The van der Waals surface area contributed by atoms with E-state index >= 15 is 0 Å². The van der Waals surface area contributed by atoms with Crippen LogP contribution in [0.25, 0.3) is 0 Å². The highest BCUT2D eigenvalue weighted by atomic mass is 32.2. The SMILES string of the molecule is CCC1CCCC(NCCSC(F)(F)F)C1. The van der Waals surface area contributed by atoms with Crippen molar-refractivity contribution in [1.29, 1.82) is 0 Å². The maximum atomic E-state index is 11.9. The Bertz CT molecular complexity index is 196. The summed E-state index contributed by atoms with van der Waals surface area (Å²) in [4.78, 5) is 0. The third-order valence-electron chi connectivity index (χ3n) is 3.16. The summed E-state index contributed by atoms with van der Waals surface area (Å²) in [6, 6.07) is 0.438. The van der Waals surface area contributed by atoms with Gasteiger partial charge in [0.05, 0.1) is 0 Å². The standard InChI is InChI=1S/C11H20F3NS/c1-2-9-4-3-5-10(8-9)15-6-7-16-11(12,13)14/h9-10,15H,2-8H2,1H3. The highest BCUT2D eigenvalue weighted by Gasteiger charge is 2.27. The van der Waals surface area contributed by atoms with Gasteiger partial charge in [-0.05, 0) is 30.5 Å². The quantitative estimate of drug-likeness (QED) is 0.750. The third kappa shape index (κ3) is 5.99. The fraction of sp³-hybridized carbons (Fsp3) is 1.00. The van der Waals surface area contributed by atoms with Crippen LogP contribution in [0.1, 0.15) is 39.0 Å². The van der Waals surface area contributed by atoms with Gasteiger partial charge in [0.2, 0.25) is 0 Å². The molecule has 1 aliphatic carbocycles. The molecule has 2 atom stereocenters. The van der Waals surface area contributed by atoms with Gasteiger partial charge in [-0.3, -0.25) is 0 Å². The fourth-order valence-electron chi connectivity index (χ4n) is 2.28. The van der Waals surface area contributed by atoms with E-state index in [0.717, 1.165) is 18.8 Å². The summed E-state index contributed by atoms with van der Waals surface area (Å²) >= 11 is 0.0662. The normalized spacial score (nSPS) is 27.0. The first-order valence-electron chi connectivity index (χ1n) is 5.95. The molecule has 96 valence electrons. The Labute approximate surface area is 99.6 Å². The van der Waals surface area contributed by atoms with Gasteiger partial charge in [-0.2, -0.15) is 13.2 Å². The predicted molar refractivity (Wildman–Crippen MR) is 62.6 cm³/mol. The molecule has 0 heterocycles. The summed E-state index contributed by atoms with van der Waals surface area (Å²) in [5.74, 6) is 0.887. The molecule has 1 aliphatic rings. The third-order valence-corrected chi connectivity index (χ3v) is 3.90. The molecule has 0 saturated heterocycles. The largest absolute Gasteiger partial charge is 0.441 e. The van der Waals surface area contributed by atoms with Crippen LogP contribution in [0.2, 0.25) is 0 Å². The smallest absolute Gasteiger partial charge is 0.313 e. The Morgan fingerprint density at radius 1 is 1.31 bits per heavy atom. The number of rotatable bonds is 5. The lowest BCUT2D eigenvalue weighted by Gasteiger charge is -2.29. The zero-order valence-corrected chi connectivity index (χ0v) is 10.5. The highest BCUT2D eigenvalue weighted by molar-refractivity contribution is 8.00. The van der Waals surface area contributed by atoms with E-state index in [2.05, 4.69) is 12.2 Å². The van der Waals surface area contributed by atoms with E-state index in [1.807, 2.05) is 0 Å². The summed E-state index contributed by atoms with van der Waals surface area (Å²) in [6.07, 6.45) is 5.93. The van der Waals surface area contributed by atoms with Crippen LogP contribution in [0.3, 0.4) is 0 Å². The number of nitrogens with one attached hydrogen (secondary N) is 1. The molecule has 1 fully saturated rings. The number of halogens is 3. The second-order valence-corrected chi connectivity index (χ2v) is 5.55. The van der Waals surface area contributed by atoms with E-state index in [1.165, 1.54) is 19.3 Å². The molecule has 16 heavy (non-hydrogen) atoms. The van der Waals surface area contributed by atoms with Crippen LogP contribution in [0, 0.1) is 5.92 Å². The zero-order chi connectivity index (χ0) is 12.0. The maximum absolute atomic E-state index is 11.9. The molecule has 0 aromatic rings. The second-order valence-electron chi connectivity index (χ2n) is 4.39. The molecule has 0 spiro atoms. The first kappa shape index (κ1) is 14.2. The summed E-state index contributed by atoms with van der Waals surface area (Å²) in [5, 5.41) is 3.24. The second kappa shape index (κ2) is 6.74. The number of hydrogen-bond donors (Lipinski definition) is 1. The molecule has 5 heteroatoms. The first-order chi connectivity index (χ1) is 7.51. The average Bonchev–Trinajstić information content (AvgIpc) is 2.23. The lowest BCUT2D eigenvalue weighted by Crippen LogP contribution is -2.35. The van der Waals surface area contributed by atoms with Crippen LogP contribution in [-0.4, -0.2) is 23.8 Å². The van der Waals surface area contributed by atoms with Gasteiger partial charge in [0.15, 0.2) is 0 Å². The van der Waals surface area contributed by atoms with Gasteiger partial charge >= 0.3 is 5.51 Å². The number of hydrogen-bond acceptors (Lipinski definition) is 2. The van der Waals surface area contributed by atoms with Crippen molar-refractivity contribution in [1.82, 2.24) is 5.32 Å². The minimum absolute atomic E-state index is 0.0662. The van der Waals surface area contributed by atoms with Crippen molar-refractivity contribution >= 4 is 11.8 Å². The summed E-state index contributed by atoms with van der Waals surface area (Å²) in [7, 11) is 0. The minimum Gasteiger partial charge on any atom is -0.313 e. The van der Waals surface area contributed by atoms with Crippen molar-refractivity contribution < 1.29 is 13.2 Å². The van der Waals surface area contributed by atoms with Crippen molar-refractivity contribution in [3.63, 3.8) is 0 Å². The van der Waals surface area contributed by atoms with Crippen LogP contribution in [0.5, 0.6) is 0 Å². The van der Waals surface area contributed by atoms with Gasteiger partial charge in [-0.25, -0.2) is 0 Å². The van der Waals surface area contributed by atoms with Crippen molar-refractivity contribution in [3.8, 4) is 0 Å². The fourth-order valence-corrected chi connectivity index (χ4v) is 2.73. The molecule has 0 aliphatic heterocycles. The molecule has 0 aromatic carbocycles. The van der Waals surface area contributed by atoms with Crippen molar-refractivity contribution in [2.24, 2.45) is 5.92 Å². The average molecular weight is 255 g/mol. The summed E-state index contributed by atoms with van der Waals surface area (Å²) in [6.45, 7) is 2.65. The maximum Gasteiger partial charge on any atom is 0.441 e. The molecule has 2 unspecified atom stereocenters. The Hall–Kier alpha value is 0.100. The highest BCUT2D eigenvalue weighted by Crippen LogP contribution is 2.30. The molecular weight excluding hydrogens is 235 g/mol. The van der Waals surface area contributed by atoms with Crippen LogP contribution in [0.15, 0.2) is 0 Å². The minimum atomic E-state index is -4.08. The van der Waals surface area contributed by atoms with Gasteiger partial charge in [0, 0.05) is 18.3 Å². The molecule has 0 radical (unpaired) electrons. The van der Waals surface area contributed by atoms with E-state index in [1.54, 1.807) is 0 Å². The number of alkyl halides is 3. The molecule has 1 N–H and O–H groups in total. The molecule has 0 amide bonds. The van der Waals surface area contributed by atoms with Crippen LogP contribution >= 0.6 is 11.8 Å². The Kier molecular flexibility index (Phi) is 5.97. The van der Waals surface area contributed by atoms with Gasteiger partial charge in [-0.1, -0.05) is 26.2 Å². The van der Waals surface area contributed by atoms with Crippen LogP contribution in [0.4, 0.5) is 13.2 Å². The molecular formula is C11H20F3NS. The Morgan fingerprint density at radius 2 is 2.06 bits per heavy atom. The zero-order valence-electron chi connectivity index (χ0n) is 9.65. The molecule has 1 saturated carbocycles. The summed E-state index contributed by atoms with van der Waals surface area (Å²) in [5.41, 5.74) is -4.08. The molecule has 0 aromatic heterocycles. The van der Waals surface area contributed by atoms with Crippen LogP contribution < -0.4 is 5.32 Å². The van der Waals surface area contributed by atoms with Gasteiger partial charge in [0.1, 0.15) is 0 Å². The Balaban J connectivity index is 2.08. The van der Waals surface area contributed by atoms with E-state index < -0.39 is 5.51 Å². The van der Waals surface area contributed by atoms with Gasteiger partial charge < -0.3 is 5.32 Å². The van der Waals surface area contributed by atoms with Crippen molar-refractivity contribution in [2.75, 3.05) is 12.3 Å². The van der Waals surface area contributed by atoms with Crippen LogP contribution in [-0.2, 0) is 0 Å². The molecule has 1 nitrogen and oxygen atoms in total. The summed E-state index contributed by atoms with van der Waals surface area (Å²) < 4.78 is 35.6.